The molecular weight excluding hydrogens is 1340 g/mol. The zero-order valence-electron chi connectivity index (χ0n) is 51.3. The molecule has 0 saturated heterocycles. The minimum Gasteiger partial charge on any atom is -0.481 e. The summed E-state index contributed by atoms with van der Waals surface area (Å²) in [5.41, 5.74) is 2.72. The van der Waals surface area contributed by atoms with Crippen LogP contribution in [0.5, 0.6) is 0 Å². The van der Waals surface area contributed by atoms with Gasteiger partial charge in [-0.3, -0.25) is 33.7 Å². The predicted octanol–water partition coefficient (Wildman–Crippen LogP) is 9.80. The fraction of sp³-hybridized carbons (Fsp3) is 0.317. The van der Waals surface area contributed by atoms with E-state index in [0.717, 1.165) is 56.7 Å². The molecule has 9 aromatic rings. The van der Waals surface area contributed by atoms with Crippen molar-refractivity contribution in [1.82, 2.24) is 61.5 Å². The van der Waals surface area contributed by atoms with E-state index < -0.39 is 90.4 Å². The maximum absolute atomic E-state index is 14.5. The summed E-state index contributed by atoms with van der Waals surface area (Å²) >= 11 is 6.96. The summed E-state index contributed by atoms with van der Waals surface area (Å²) in [7, 11) is 2.92. The van der Waals surface area contributed by atoms with Crippen molar-refractivity contribution in [2.75, 3.05) is 25.6 Å². The monoisotopic (exact) mass is 1400 g/mol. The van der Waals surface area contributed by atoms with Gasteiger partial charge in [-0.15, -0.1) is 68.0 Å². The zero-order valence-corrected chi connectivity index (χ0v) is 56.2. The number of carbonyl (C=O) groups is 8. The quantitative estimate of drug-likeness (QED) is 0.0502. The van der Waals surface area contributed by atoms with Crippen LogP contribution < -0.4 is 31.5 Å². The molecule has 7 aromatic heterocycles. The molecule has 1 aliphatic carbocycles. The Hall–Kier alpha value is -9.15. The molecule has 1 aliphatic heterocycles. The van der Waals surface area contributed by atoms with E-state index in [1.54, 1.807) is 83.0 Å². The van der Waals surface area contributed by atoms with Crippen molar-refractivity contribution in [1.29, 1.82) is 0 Å². The number of anilines is 1. The highest BCUT2D eigenvalue weighted by atomic mass is 32.1. The predicted molar refractivity (Wildman–Crippen MR) is 356 cm³/mol. The number of methoxy groups -OCH3 is 1. The fourth-order valence-electron chi connectivity index (χ4n) is 10.6. The second kappa shape index (κ2) is 29.6. The van der Waals surface area contributed by atoms with Crippen LogP contribution in [0.15, 0.2) is 88.3 Å². The first kappa shape index (κ1) is 67.3. The Morgan fingerprint density at radius 1 is 0.684 bits per heavy atom. The number of aliphatic hydroxyl groups excluding tert-OH is 1. The van der Waals surface area contributed by atoms with Gasteiger partial charge >= 0.3 is 18.0 Å². The molecule has 4 atom stereocenters. The van der Waals surface area contributed by atoms with E-state index in [1.807, 2.05) is 13.8 Å². The van der Waals surface area contributed by atoms with Crippen molar-refractivity contribution >= 4 is 121 Å². The number of benzene rings is 2. The van der Waals surface area contributed by atoms with E-state index in [2.05, 4.69) is 26.6 Å². The van der Waals surface area contributed by atoms with Crippen LogP contribution in [0, 0.1) is 18.8 Å². The summed E-state index contributed by atoms with van der Waals surface area (Å²) in [5, 5.41) is 54.3. The molecule has 11 rings (SSSR count). The highest BCUT2D eigenvalue weighted by molar-refractivity contribution is 7.15. The number of nitrogens with zero attached hydrogens (tertiary/aromatic N) is 8. The number of carbonyl (C=O) groups excluding carboxylic acids is 6. The number of ether oxygens (including phenoxy) is 2. The Bertz CT molecular complexity index is 4360. The smallest absolute Gasteiger partial charge is 0.416 e. The van der Waals surface area contributed by atoms with Crippen molar-refractivity contribution in [2.24, 2.45) is 11.8 Å². The third kappa shape index (κ3) is 15.5. The normalized spacial score (nSPS) is 18.2. The first-order valence-electron chi connectivity index (χ1n) is 29.7. The van der Waals surface area contributed by atoms with Crippen LogP contribution in [0.2, 0.25) is 0 Å². The summed E-state index contributed by atoms with van der Waals surface area (Å²) in [6, 6.07) is 15.3. The number of aliphatic hydroxyl groups is 1. The van der Waals surface area contributed by atoms with Crippen molar-refractivity contribution in [2.45, 2.75) is 96.4 Å². The number of aromatic carboxylic acids is 1. The van der Waals surface area contributed by atoms with E-state index in [4.69, 9.17) is 44.4 Å². The van der Waals surface area contributed by atoms with Gasteiger partial charge in [-0.25, -0.2) is 44.5 Å². The number of carboxylic acids is 2. The van der Waals surface area contributed by atoms with Crippen LogP contribution in [-0.2, 0) is 37.0 Å². The van der Waals surface area contributed by atoms with E-state index in [1.165, 1.54) is 42.5 Å². The lowest BCUT2D eigenvalue weighted by Crippen LogP contribution is -2.40. The Morgan fingerprint density at radius 3 is 2.14 bits per heavy atom. The van der Waals surface area contributed by atoms with Gasteiger partial charge in [0.1, 0.15) is 88.3 Å². The minimum atomic E-state index is -1.32. The van der Waals surface area contributed by atoms with Gasteiger partial charge in [-0.1, -0.05) is 56.3 Å². The van der Waals surface area contributed by atoms with Crippen molar-refractivity contribution in [3.8, 4) is 43.4 Å². The number of aryl methyl sites for hydroxylation is 1. The van der Waals surface area contributed by atoms with Gasteiger partial charge in [0, 0.05) is 46.1 Å². The number of rotatable bonds is 14. The SMILES string of the molecule is CNC(=O)C[C@@H]1NC(=O)c2csc(n2)-c2ccc(-c3nc(N(Cc4cccc(C(=O)O)c4)C(=O)OC4CCC(C(=O)O)CC4)cs3)nc2-c2csc(n2)-c2csc(n2)[C@H]([C@@H](O)c2ccccc2)NC(=O)CNC(=O)c2nc(sc2COC)C(C(C)C)NC(=O)c2nc1sc2C. The maximum atomic E-state index is 14.5. The molecular formula is C63H61N13O13S6. The molecule has 6 amide bonds. The number of thiazole rings is 6. The maximum Gasteiger partial charge on any atom is 0.416 e. The number of nitrogens with one attached hydrogen (secondary N) is 5. The molecule has 26 nitrogen and oxygen atoms in total. The average Bonchev–Trinajstić information content (AvgIpc) is 1.69. The zero-order chi connectivity index (χ0) is 67.2. The Labute approximate surface area is 566 Å². The molecule has 95 heavy (non-hydrogen) atoms. The minimum absolute atomic E-state index is 0.00115. The fourth-order valence-corrected chi connectivity index (χ4v) is 16.1. The van der Waals surface area contributed by atoms with E-state index in [9.17, 15) is 53.7 Å². The third-order valence-corrected chi connectivity index (χ3v) is 21.3. The van der Waals surface area contributed by atoms with Crippen LogP contribution in [-0.4, -0.2) is 125 Å². The average molecular weight is 1400 g/mol. The molecule has 1 unspecified atom stereocenters. The van der Waals surface area contributed by atoms with Gasteiger partial charge < -0.3 is 51.4 Å². The number of hydrogen-bond donors (Lipinski definition) is 8. The Balaban J connectivity index is 0.983. The summed E-state index contributed by atoms with van der Waals surface area (Å²) in [6.45, 7) is 4.74. The number of pyridine rings is 1. The van der Waals surface area contributed by atoms with Crippen LogP contribution in [0.4, 0.5) is 10.6 Å². The molecule has 32 heteroatoms. The molecule has 0 radical (unpaired) electrons. The number of amides is 6. The molecule has 1 saturated carbocycles. The van der Waals surface area contributed by atoms with E-state index in [-0.39, 0.29) is 64.7 Å². The summed E-state index contributed by atoms with van der Waals surface area (Å²) in [6.07, 6.45) is -1.62. The first-order valence-corrected chi connectivity index (χ1v) is 34.8. The Morgan fingerprint density at radius 2 is 1.40 bits per heavy atom. The number of hydrogen-bond acceptors (Lipinski definition) is 24. The van der Waals surface area contributed by atoms with Gasteiger partial charge in [0.25, 0.3) is 17.7 Å². The van der Waals surface area contributed by atoms with Crippen LogP contribution in [0.25, 0.3) is 43.4 Å². The molecule has 0 spiro atoms. The molecule has 10 bridgehead atoms. The van der Waals surface area contributed by atoms with Gasteiger partial charge in [0.05, 0.1) is 60.3 Å². The molecule has 8 heterocycles. The lowest BCUT2D eigenvalue weighted by molar-refractivity contribution is -0.143. The first-order chi connectivity index (χ1) is 45.7. The van der Waals surface area contributed by atoms with Crippen molar-refractivity contribution in [3.05, 3.63) is 147 Å². The highest BCUT2D eigenvalue weighted by Crippen LogP contribution is 2.41. The van der Waals surface area contributed by atoms with Crippen molar-refractivity contribution < 1.29 is 63.1 Å². The largest absolute Gasteiger partial charge is 0.481 e. The van der Waals surface area contributed by atoms with Crippen molar-refractivity contribution in [3.63, 3.8) is 0 Å². The lowest BCUT2D eigenvalue weighted by Gasteiger charge is -2.28. The van der Waals surface area contributed by atoms with Crippen LogP contribution in [0.3, 0.4) is 0 Å². The summed E-state index contributed by atoms with van der Waals surface area (Å²) in [4.78, 5) is 145. The topological polar surface area (TPSA) is 369 Å². The summed E-state index contributed by atoms with van der Waals surface area (Å²) < 4.78 is 11.5. The third-order valence-electron chi connectivity index (χ3n) is 15.5. The number of aliphatic carboxylic acids is 1. The summed E-state index contributed by atoms with van der Waals surface area (Å²) in [5.74, 6) is -5.76. The number of fused-ring (bicyclic) bond motifs is 14. The Kier molecular flexibility index (Phi) is 21.0. The second-order valence-electron chi connectivity index (χ2n) is 22.4. The van der Waals surface area contributed by atoms with Gasteiger partial charge in [-0.05, 0) is 73.9 Å². The van der Waals surface area contributed by atoms with Gasteiger partial charge in [-0.2, -0.15) is 0 Å². The molecule has 2 aliphatic rings. The molecule has 492 valence electrons. The van der Waals surface area contributed by atoms with E-state index >= 15 is 0 Å². The molecule has 8 N–H and O–H groups in total. The van der Waals surface area contributed by atoms with Crippen LogP contribution >= 0.6 is 68.0 Å². The van der Waals surface area contributed by atoms with Crippen LogP contribution in [0.1, 0.15) is 148 Å². The molecule has 1 fully saturated rings. The lowest BCUT2D eigenvalue weighted by atomic mass is 9.87. The van der Waals surface area contributed by atoms with Gasteiger partial charge in [0.15, 0.2) is 0 Å². The highest BCUT2D eigenvalue weighted by Gasteiger charge is 2.35. The second-order valence-corrected chi connectivity index (χ2v) is 28.2. The number of carboxylic acid groups (broad SMARTS) is 2. The standard InChI is InChI=1S/C63H61N13O13S6/c1-29(2)46-60-75-49(42(95-60)24-88-5)53(81)65-22-45(78)72-50(51(79)32-11-7-6-8-12-32)59-70-41(27-92-59)57-68-39(25-91-57)48-36(55-69-40(26-90-55)52(80)67-38(21-44(77)64-4)58-74-47(30(3)94-58)54(82)73-46)18-19-37(66-48)56-71-43(28-93-56)76(23-31-10-9-13-34(20-31)62(85)86)63(87)89-35-16-14-33(15-17-35)61(83)84/h6-13,18-20,25-29,33,35,38,46,50-51,79H,14-17,21-24H2,1-5H3,(H,64,77)(H,65,81)(H,67,80)(H,72,78)(H,73,82)(H,83,84)(H,85,86)/t33?,35?,38-,46?,50-,51-/m0/s1. The van der Waals surface area contributed by atoms with E-state index in [0.29, 0.717) is 94.2 Å². The molecule has 2 aromatic carbocycles. The van der Waals surface area contributed by atoms with Gasteiger partial charge in [0.2, 0.25) is 11.8 Å². The number of aromatic nitrogens is 7.